The number of nitrogens with zero attached hydrogens (tertiary/aromatic N) is 3. The second-order valence-electron chi connectivity index (χ2n) is 6.72. The predicted octanol–water partition coefficient (Wildman–Crippen LogP) is 2.08. The Kier molecular flexibility index (Phi) is 9.98. The molecule has 1 fully saturated rings. The van der Waals surface area contributed by atoms with Gasteiger partial charge in [-0.05, 0) is 25.7 Å². The van der Waals surface area contributed by atoms with Gasteiger partial charge in [0.05, 0.1) is 12.6 Å². The molecule has 2 rings (SSSR count). The number of guanidine groups is 2. The molecule has 0 aromatic carbocycles. The third kappa shape index (κ3) is 6.42. The van der Waals surface area contributed by atoms with E-state index >= 15 is 0 Å². The van der Waals surface area contributed by atoms with Crippen LogP contribution in [0.4, 0.5) is 0 Å². The molecule has 0 bridgehead atoms. The molecule has 0 aliphatic carbocycles. The van der Waals surface area contributed by atoms with Gasteiger partial charge < -0.3 is 20.9 Å². The molecule has 0 amide bonds. The topological polar surface area (TPSA) is 80.7 Å². The van der Waals surface area contributed by atoms with Gasteiger partial charge in [-0.1, -0.05) is 32.6 Å². The van der Waals surface area contributed by atoms with Crippen molar-refractivity contribution in [1.29, 1.82) is 5.41 Å². The molecule has 140 valence electrons. The molecule has 0 radical (unpaired) electrons. The van der Waals surface area contributed by atoms with Crippen molar-refractivity contribution in [2.45, 2.75) is 64.3 Å². The van der Waals surface area contributed by atoms with Crippen LogP contribution in [0.25, 0.3) is 0 Å². The number of nitrogens with two attached hydrogens (primary N) is 1. The molecular weight excluding hydrogens is 320 g/mol. The van der Waals surface area contributed by atoms with Crippen molar-refractivity contribution in [3.05, 3.63) is 0 Å². The molecule has 2 aliphatic rings. The number of nitrogens with one attached hydrogen (secondary N) is 2. The maximum absolute atomic E-state index is 7.76. The molecule has 24 heavy (non-hydrogen) atoms. The predicted molar refractivity (Wildman–Crippen MR) is 107 cm³/mol. The summed E-state index contributed by atoms with van der Waals surface area (Å²) in [5.41, 5.74) is 6.06. The molecule has 6 nitrogen and oxygen atoms in total. The Balaban J connectivity index is 0.00000288. The van der Waals surface area contributed by atoms with Crippen LogP contribution in [-0.2, 0) is 0 Å². The third-order valence-electron chi connectivity index (χ3n) is 4.91. The van der Waals surface area contributed by atoms with Gasteiger partial charge in [-0.25, -0.2) is 0 Å². The highest BCUT2D eigenvalue weighted by molar-refractivity contribution is 7.59. The molecule has 0 unspecified atom stereocenters. The van der Waals surface area contributed by atoms with Gasteiger partial charge in [0.15, 0.2) is 11.9 Å². The van der Waals surface area contributed by atoms with E-state index in [1.807, 2.05) is 0 Å². The van der Waals surface area contributed by atoms with Crippen LogP contribution in [0, 0.1) is 5.41 Å². The minimum atomic E-state index is 0. The minimum absolute atomic E-state index is 0. The van der Waals surface area contributed by atoms with E-state index in [0.717, 1.165) is 51.5 Å². The normalized spacial score (nSPS) is 20.1. The smallest absolute Gasteiger partial charge is 0.191 e. The average Bonchev–Trinajstić information content (AvgIpc) is 3.10. The second kappa shape index (κ2) is 11.4. The fourth-order valence-corrected chi connectivity index (χ4v) is 3.44. The number of aliphatic imine (C=N–C) groups is 1. The van der Waals surface area contributed by atoms with Crippen LogP contribution in [-0.4, -0.2) is 60.5 Å². The lowest BCUT2D eigenvalue weighted by atomic mass is 10.1. The molecule has 2 aliphatic heterocycles. The summed E-state index contributed by atoms with van der Waals surface area (Å²) < 4.78 is 0. The lowest BCUT2D eigenvalue weighted by molar-refractivity contribution is 0.304. The largest absolute Gasteiger partial charge is 0.370 e. The summed E-state index contributed by atoms with van der Waals surface area (Å²) in [5.74, 6) is 1.34. The summed E-state index contributed by atoms with van der Waals surface area (Å²) in [7, 11) is 0. The maximum atomic E-state index is 7.76. The fraction of sp³-hybridized carbons (Fsp3) is 0.882. The fourth-order valence-electron chi connectivity index (χ4n) is 3.44. The Morgan fingerprint density at radius 3 is 2.62 bits per heavy atom. The highest BCUT2D eigenvalue weighted by atomic mass is 32.1. The first-order valence-corrected chi connectivity index (χ1v) is 9.36. The van der Waals surface area contributed by atoms with Gasteiger partial charge in [0, 0.05) is 26.2 Å². The quantitative estimate of drug-likeness (QED) is 0.495. The van der Waals surface area contributed by atoms with Crippen molar-refractivity contribution in [2.24, 2.45) is 10.7 Å². The van der Waals surface area contributed by atoms with Crippen molar-refractivity contribution >= 4 is 25.4 Å². The van der Waals surface area contributed by atoms with E-state index in [1.54, 1.807) is 0 Å². The molecule has 2 heterocycles. The van der Waals surface area contributed by atoms with Gasteiger partial charge in [0.2, 0.25) is 0 Å². The average molecular weight is 357 g/mol. The van der Waals surface area contributed by atoms with E-state index < -0.39 is 0 Å². The molecule has 0 spiro atoms. The Morgan fingerprint density at radius 1 is 1.17 bits per heavy atom. The standard InChI is InChI=1S/C17H34N6.H2S/c1-2-3-4-5-7-12-23-15(14-21-17(23)19)9-6-8-11-22-13-10-20-16(22)18;/h15H,2-14H2,1H3,(H2,18,20)(H2,19,21);1H2/t15-;/m0./s1. The summed E-state index contributed by atoms with van der Waals surface area (Å²) in [6.45, 7) is 7.05. The highest BCUT2D eigenvalue weighted by Gasteiger charge is 2.25. The molecule has 1 saturated heterocycles. The maximum Gasteiger partial charge on any atom is 0.191 e. The van der Waals surface area contributed by atoms with E-state index in [9.17, 15) is 0 Å². The SMILES string of the molecule is CCCCCCCN1C(N)=NC[C@@H]1CCCCN1CCNC1=N.S. The summed E-state index contributed by atoms with van der Waals surface area (Å²) in [5, 5.41) is 10.8. The minimum Gasteiger partial charge on any atom is -0.370 e. The van der Waals surface area contributed by atoms with Crippen LogP contribution >= 0.6 is 13.5 Å². The summed E-state index contributed by atoms with van der Waals surface area (Å²) >= 11 is 0. The lowest BCUT2D eigenvalue weighted by Crippen LogP contribution is -2.41. The van der Waals surface area contributed by atoms with Crippen molar-refractivity contribution in [3.63, 3.8) is 0 Å². The molecule has 7 heteroatoms. The van der Waals surface area contributed by atoms with Crippen molar-refractivity contribution in [1.82, 2.24) is 15.1 Å². The number of hydrogen-bond acceptors (Lipinski definition) is 4. The zero-order valence-corrected chi connectivity index (χ0v) is 16.2. The second-order valence-corrected chi connectivity index (χ2v) is 6.72. The molecular formula is C17H36N6S. The zero-order valence-electron chi connectivity index (χ0n) is 15.2. The van der Waals surface area contributed by atoms with Gasteiger partial charge in [-0.15, -0.1) is 0 Å². The molecule has 0 saturated carbocycles. The Morgan fingerprint density at radius 2 is 1.92 bits per heavy atom. The van der Waals surface area contributed by atoms with E-state index in [1.165, 1.54) is 38.5 Å². The highest BCUT2D eigenvalue weighted by Crippen LogP contribution is 2.17. The van der Waals surface area contributed by atoms with Crippen LogP contribution in [0.3, 0.4) is 0 Å². The first kappa shape index (κ1) is 20.9. The van der Waals surface area contributed by atoms with Gasteiger partial charge in [0.1, 0.15) is 0 Å². The Labute approximate surface area is 154 Å². The van der Waals surface area contributed by atoms with Crippen molar-refractivity contribution in [2.75, 3.05) is 32.7 Å². The Bertz CT molecular complexity index is 401. The molecule has 0 aromatic rings. The van der Waals surface area contributed by atoms with E-state index in [4.69, 9.17) is 11.1 Å². The number of rotatable bonds is 11. The van der Waals surface area contributed by atoms with E-state index in [0.29, 0.717) is 12.0 Å². The monoisotopic (exact) mass is 356 g/mol. The van der Waals surface area contributed by atoms with Crippen LogP contribution in [0.15, 0.2) is 4.99 Å². The van der Waals surface area contributed by atoms with Crippen LogP contribution in [0.2, 0.25) is 0 Å². The third-order valence-corrected chi connectivity index (χ3v) is 4.91. The van der Waals surface area contributed by atoms with Crippen molar-refractivity contribution in [3.8, 4) is 0 Å². The lowest BCUT2D eigenvalue weighted by Gasteiger charge is -2.26. The van der Waals surface area contributed by atoms with Gasteiger partial charge in [-0.3, -0.25) is 10.4 Å². The number of hydrogen-bond donors (Lipinski definition) is 3. The first-order chi connectivity index (χ1) is 11.2. The van der Waals surface area contributed by atoms with Crippen molar-refractivity contribution < 1.29 is 0 Å². The van der Waals surface area contributed by atoms with Crippen LogP contribution < -0.4 is 11.1 Å². The molecule has 0 aromatic heterocycles. The van der Waals surface area contributed by atoms with Gasteiger partial charge in [0.25, 0.3) is 0 Å². The van der Waals surface area contributed by atoms with Crippen LogP contribution in [0.5, 0.6) is 0 Å². The van der Waals surface area contributed by atoms with E-state index in [-0.39, 0.29) is 13.5 Å². The van der Waals surface area contributed by atoms with Gasteiger partial charge in [-0.2, -0.15) is 13.5 Å². The molecule has 4 N–H and O–H groups in total. The van der Waals surface area contributed by atoms with Gasteiger partial charge >= 0.3 is 0 Å². The summed E-state index contributed by atoms with van der Waals surface area (Å²) in [6.07, 6.45) is 9.98. The number of unbranched alkanes of at least 4 members (excludes halogenated alkanes) is 5. The zero-order chi connectivity index (χ0) is 16.5. The molecule has 1 atom stereocenters. The van der Waals surface area contributed by atoms with Crippen LogP contribution in [0.1, 0.15) is 58.3 Å². The first-order valence-electron chi connectivity index (χ1n) is 9.36. The Hall–Kier alpha value is -1.11. The van der Waals surface area contributed by atoms with E-state index in [2.05, 4.69) is 27.0 Å². The summed E-state index contributed by atoms with van der Waals surface area (Å²) in [4.78, 5) is 8.90. The summed E-state index contributed by atoms with van der Waals surface area (Å²) in [6, 6.07) is 0.498.